The Kier molecular flexibility index (Phi) is 6.42. The molecule has 148 valence electrons. The number of nitrogens with one attached hydrogen (secondary N) is 1. The Morgan fingerprint density at radius 1 is 1.00 bits per heavy atom. The first-order chi connectivity index (χ1) is 14.0. The monoisotopic (exact) mass is 392 g/mol. The Morgan fingerprint density at radius 3 is 2.55 bits per heavy atom. The highest BCUT2D eigenvalue weighted by atomic mass is 16.6. The molecule has 3 aromatic rings. The van der Waals surface area contributed by atoms with E-state index in [9.17, 15) is 9.59 Å². The molecule has 0 aromatic heterocycles. The van der Waals surface area contributed by atoms with Crippen molar-refractivity contribution >= 4 is 28.9 Å². The number of amides is 1. The summed E-state index contributed by atoms with van der Waals surface area (Å²) in [5, 5.41) is 6.04. The number of hydrogen-bond donors (Lipinski definition) is 1. The predicted molar refractivity (Wildman–Crippen MR) is 109 cm³/mol. The van der Waals surface area contributed by atoms with E-state index in [-0.39, 0.29) is 6.61 Å². The van der Waals surface area contributed by atoms with Crippen molar-refractivity contribution in [3.8, 4) is 17.2 Å². The summed E-state index contributed by atoms with van der Waals surface area (Å²) in [5.74, 6) is 0.468. The van der Waals surface area contributed by atoms with Crippen LogP contribution in [0.25, 0.3) is 10.8 Å². The van der Waals surface area contributed by atoms with Crippen LogP contribution in [-0.4, -0.2) is 31.8 Å². The van der Waals surface area contributed by atoms with E-state index in [0.717, 1.165) is 10.8 Å². The number of ether oxygens (including phenoxy) is 3. The highest BCUT2D eigenvalue weighted by molar-refractivity contribution is 5.85. The van der Waals surface area contributed by atoms with Gasteiger partial charge in [-0.1, -0.05) is 30.3 Å². The molecule has 3 rings (SSSR count). The van der Waals surface area contributed by atoms with Crippen molar-refractivity contribution in [3.63, 3.8) is 0 Å². The van der Waals surface area contributed by atoms with Gasteiger partial charge in [0.2, 0.25) is 0 Å². The summed E-state index contributed by atoms with van der Waals surface area (Å²) in [6, 6.07) is 18.4. The zero-order chi connectivity index (χ0) is 20.6. The fraction of sp³-hybridized carbons (Fsp3) is 0.136. The van der Waals surface area contributed by atoms with Crippen LogP contribution in [0, 0.1) is 0 Å². The standard InChI is InChI=1S/C22H20N2O5/c1-15(25)29-20-10-7-16(11-21(20)27-2)13-23-24-22(26)14-28-19-9-8-17-5-3-4-6-18(17)12-19/h3-13H,14H2,1-2H3,(H,24,26)/b23-13+. The summed E-state index contributed by atoms with van der Waals surface area (Å²) in [4.78, 5) is 23.0. The van der Waals surface area contributed by atoms with Crippen LogP contribution in [0.15, 0.2) is 65.8 Å². The van der Waals surface area contributed by atoms with Crippen molar-refractivity contribution in [1.29, 1.82) is 0 Å². The topological polar surface area (TPSA) is 86.2 Å². The van der Waals surface area contributed by atoms with Gasteiger partial charge in [-0.3, -0.25) is 9.59 Å². The van der Waals surface area contributed by atoms with Gasteiger partial charge < -0.3 is 14.2 Å². The summed E-state index contributed by atoms with van der Waals surface area (Å²) in [6.45, 7) is 1.15. The fourth-order valence-corrected chi connectivity index (χ4v) is 2.62. The van der Waals surface area contributed by atoms with Crippen LogP contribution in [0.1, 0.15) is 12.5 Å². The molecule has 0 aliphatic heterocycles. The molecule has 1 amide bonds. The van der Waals surface area contributed by atoms with Crippen molar-refractivity contribution in [1.82, 2.24) is 5.43 Å². The Hall–Kier alpha value is -3.87. The number of carbonyl (C=O) groups excluding carboxylic acids is 2. The number of carbonyl (C=O) groups is 2. The van der Waals surface area contributed by atoms with Crippen LogP contribution in [0.2, 0.25) is 0 Å². The predicted octanol–water partition coefficient (Wildman–Crippen LogP) is 3.30. The van der Waals surface area contributed by atoms with E-state index in [1.165, 1.54) is 20.2 Å². The lowest BCUT2D eigenvalue weighted by atomic mass is 10.1. The molecule has 0 bridgehead atoms. The van der Waals surface area contributed by atoms with Gasteiger partial charge in [0, 0.05) is 6.92 Å². The van der Waals surface area contributed by atoms with E-state index in [4.69, 9.17) is 14.2 Å². The molecule has 0 unspecified atom stereocenters. The molecule has 0 aliphatic carbocycles. The Balaban J connectivity index is 1.54. The number of hydrazone groups is 1. The van der Waals surface area contributed by atoms with E-state index in [1.807, 2.05) is 42.5 Å². The highest BCUT2D eigenvalue weighted by Gasteiger charge is 2.07. The van der Waals surface area contributed by atoms with Gasteiger partial charge in [-0.25, -0.2) is 5.43 Å². The second-order valence-electron chi connectivity index (χ2n) is 6.09. The molecule has 0 aliphatic rings. The minimum Gasteiger partial charge on any atom is -0.493 e. The normalized spacial score (nSPS) is 10.7. The summed E-state index contributed by atoms with van der Waals surface area (Å²) in [5.41, 5.74) is 3.06. The number of rotatable bonds is 7. The number of esters is 1. The van der Waals surface area contributed by atoms with Crippen molar-refractivity contribution < 1.29 is 23.8 Å². The maximum absolute atomic E-state index is 11.9. The van der Waals surface area contributed by atoms with Crippen molar-refractivity contribution in [3.05, 3.63) is 66.2 Å². The molecule has 0 saturated carbocycles. The molecule has 7 nitrogen and oxygen atoms in total. The number of benzene rings is 3. The summed E-state index contributed by atoms with van der Waals surface area (Å²) >= 11 is 0. The molecule has 1 N–H and O–H groups in total. The molecule has 0 radical (unpaired) electrons. The Bertz CT molecular complexity index is 1060. The number of hydrogen-bond acceptors (Lipinski definition) is 6. The van der Waals surface area contributed by atoms with Gasteiger partial charge in [-0.2, -0.15) is 5.10 Å². The van der Waals surface area contributed by atoms with Gasteiger partial charge in [0.25, 0.3) is 5.91 Å². The maximum atomic E-state index is 11.9. The van der Waals surface area contributed by atoms with Crippen LogP contribution >= 0.6 is 0 Å². The van der Waals surface area contributed by atoms with Crippen LogP contribution < -0.4 is 19.6 Å². The van der Waals surface area contributed by atoms with Crippen molar-refractivity contribution in [2.45, 2.75) is 6.92 Å². The smallest absolute Gasteiger partial charge is 0.308 e. The molecule has 3 aromatic carbocycles. The molecule has 0 heterocycles. The average Bonchev–Trinajstić information content (AvgIpc) is 2.72. The third-order valence-electron chi connectivity index (χ3n) is 3.94. The number of methoxy groups -OCH3 is 1. The third-order valence-corrected chi connectivity index (χ3v) is 3.94. The first-order valence-electron chi connectivity index (χ1n) is 8.85. The minimum absolute atomic E-state index is 0.162. The van der Waals surface area contributed by atoms with Gasteiger partial charge in [0.05, 0.1) is 13.3 Å². The molecular weight excluding hydrogens is 372 g/mol. The summed E-state index contributed by atoms with van der Waals surface area (Å²) in [7, 11) is 1.47. The lowest BCUT2D eigenvalue weighted by Gasteiger charge is -2.08. The molecule has 29 heavy (non-hydrogen) atoms. The van der Waals surface area contributed by atoms with E-state index in [2.05, 4.69) is 10.5 Å². The Morgan fingerprint density at radius 2 is 1.79 bits per heavy atom. The van der Waals surface area contributed by atoms with Crippen LogP contribution in [-0.2, 0) is 9.59 Å². The lowest BCUT2D eigenvalue weighted by Crippen LogP contribution is -2.24. The Labute approximate surface area is 167 Å². The molecule has 7 heteroatoms. The van der Waals surface area contributed by atoms with Gasteiger partial charge in [-0.05, 0) is 46.7 Å². The highest BCUT2D eigenvalue weighted by Crippen LogP contribution is 2.27. The summed E-state index contributed by atoms with van der Waals surface area (Å²) < 4.78 is 15.7. The zero-order valence-corrected chi connectivity index (χ0v) is 16.0. The summed E-state index contributed by atoms with van der Waals surface area (Å²) in [6.07, 6.45) is 1.45. The molecular formula is C22H20N2O5. The number of fused-ring (bicyclic) bond motifs is 1. The fourth-order valence-electron chi connectivity index (χ4n) is 2.62. The van der Waals surface area contributed by atoms with Gasteiger partial charge >= 0.3 is 5.97 Å². The van der Waals surface area contributed by atoms with Crippen LogP contribution in [0.3, 0.4) is 0 Å². The van der Waals surface area contributed by atoms with Crippen molar-refractivity contribution in [2.24, 2.45) is 5.10 Å². The van der Waals surface area contributed by atoms with Crippen LogP contribution in [0.5, 0.6) is 17.2 Å². The first kappa shape index (κ1) is 19.9. The van der Waals surface area contributed by atoms with Gasteiger partial charge in [0.1, 0.15) is 5.75 Å². The first-order valence-corrected chi connectivity index (χ1v) is 8.85. The number of nitrogens with zero attached hydrogens (tertiary/aromatic N) is 1. The molecule has 0 fully saturated rings. The quantitative estimate of drug-likeness (QED) is 0.289. The minimum atomic E-state index is -0.441. The molecule has 0 atom stereocenters. The van der Waals surface area contributed by atoms with E-state index < -0.39 is 11.9 Å². The molecule has 0 saturated heterocycles. The average molecular weight is 392 g/mol. The van der Waals surface area contributed by atoms with Gasteiger partial charge in [-0.15, -0.1) is 0 Å². The van der Waals surface area contributed by atoms with E-state index in [0.29, 0.717) is 22.8 Å². The SMILES string of the molecule is COc1cc(/C=N/NC(=O)COc2ccc3ccccc3c2)ccc1OC(C)=O. The zero-order valence-electron chi connectivity index (χ0n) is 16.0. The van der Waals surface area contributed by atoms with E-state index >= 15 is 0 Å². The van der Waals surface area contributed by atoms with E-state index in [1.54, 1.807) is 18.2 Å². The van der Waals surface area contributed by atoms with Crippen LogP contribution in [0.4, 0.5) is 0 Å². The largest absolute Gasteiger partial charge is 0.493 e. The molecule has 0 spiro atoms. The second-order valence-corrected chi connectivity index (χ2v) is 6.09. The van der Waals surface area contributed by atoms with Gasteiger partial charge in [0.15, 0.2) is 18.1 Å². The maximum Gasteiger partial charge on any atom is 0.308 e. The third kappa shape index (κ3) is 5.55. The lowest BCUT2D eigenvalue weighted by molar-refractivity contribution is -0.132. The second kappa shape index (κ2) is 9.36. The van der Waals surface area contributed by atoms with Crippen molar-refractivity contribution in [2.75, 3.05) is 13.7 Å².